The number of aliphatic hydroxyl groups is 6. The Morgan fingerprint density at radius 3 is 2.45 bits per heavy atom. The van der Waals surface area contributed by atoms with Gasteiger partial charge in [0, 0.05) is 49.2 Å². The van der Waals surface area contributed by atoms with Crippen molar-refractivity contribution in [1.82, 2.24) is 10.6 Å². The lowest BCUT2D eigenvalue weighted by molar-refractivity contribution is -0.299. The minimum absolute atomic E-state index is 0.102. The third kappa shape index (κ3) is 12.3. The van der Waals surface area contributed by atoms with Crippen LogP contribution in [0.3, 0.4) is 0 Å². The molecular formula is C30H48N4O11S2. The van der Waals surface area contributed by atoms with E-state index in [0.29, 0.717) is 23.0 Å². The van der Waals surface area contributed by atoms with Crippen LogP contribution in [-0.2, 0) is 23.9 Å². The van der Waals surface area contributed by atoms with Crippen LogP contribution in [0.4, 0.5) is 11.4 Å². The molecule has 0 bridgehead atoms. The number of anilines is 2. The van der Waals surface area contributed by atoms with Crippen molar-refractivity contribution in [1.29, 1.82) is 0 Å². The molecule has 3 amide bonds. The van der Waals surface area contributed by atoms with Crippen LogP contribution in [0.1, 0.15) is 46.0 Å². The van der Waals surface area contributed by atoms with Gasteiger partial charge in [0.1, 0.15) is 42.7 Å². The highest BCUT2D eigenvalue weighted by atomic mass is 33.1. The monoisotopic (exact) mass is 704 g/mol. The molecule has 1 aromatic carbocycles. The minimum Gasteiger partial charge on any atom is -0.394 e. The molecule has 17 heteroatoms. The number of nitrogens with one attached hydrogen (secondary N) is 4. The fourth-order valence-corrected chi connectivity index (χ4v) is 8.40. The van der Waals surface area contributed by atoms with E-state index < -0.39 is 80.0 Å². The molecule has 2 saturated heterocycles. The predicted molar refractivity (Wildman–Crippen MR) is 177 cm³/mol. The van der Waals surface area contributed by atoms with Crippen LogP contribution in [0.25, 0.3) is 0 Å². The Balaban J connectivity index is 1.66. The maximum absolute atomic E-state index is 12.5. The van der Waals surface area contributed by atoms with Gasteiger partial charge in [0.2, 0.25) is 17.7 Å². The fourth-order valence-electron chi connectivity index (χ4n) is 5.37. The van der Waals surface area contributed by atoms with Gasteiger partial charge in [-0.3, -0.25) is 14.4 Å². The van der Waals surface area contributed by atoms with Crippen molar-refractivity contribution >= 4 is 50.7 Å². The lowest BCUT2D eigenvalue weighted by Crippen LogP contribution is -2.66. The maximum atomic E-state index is 12.5. The van der Waals surface area contributed by atoms with Gasteiger partial charge in [0.15, 0.2) is 6.29 Å². The first-order chi connectivity index (χ1) is 22.4. The summed E-state index contributed by atoms with van der Waals surface area (Å²) < 4.78 is 11.4. The van der Waals surface area contributed by atoms with E-state index in [1.165, 1.54) is 19.1 Å². The highest BCUT2D eigenvalue weighted by molar-refractivity contribution is 8.77. The van der Waals surface area contributed by atoms with Gasteiger partial charge in [-0.2, -0.15) is 0 Å². The second kappa shape index (κ2) is 19.7. The molecule has 2 aliphatic rings. The smallest absolute Gasteiger partial charge is 0.224 e. The van der Waals surface area contributed by atoms with Crippen LogP contribution >= 0.6 is 21.6 Å². The Kier molecular flexibility index (Phi) is 16.5. The van der Waals surface area contributed by atoms with Gasteiger partial charge >= 0.3 is 0 Å². The zero-order valence-corrected chi connectivity index (χ0v) is 28.1. The maximum Gasteiger partial charge on any atom is 0.224 e. The van der Waals surface area contributed by atoms with E-state index >= 15 is 0 Å². The second-order valence-electron chi connectivity index (χ2n) is 11.7. The summed E-state index contributed by atoms with van der Waals surface area (Å²) in [6.07, 6.45) is -6.77. The number of hydrogen-bond acceptors (Lipinski definition) is 14. The third-order valence-corrected chi connectivity index (χ3v) is 10.8. The molecule has 1 aromatic rings. The highest BCUT2D eigenvalue weighted by Crippen LogP contribution is 2.40. The number of hydrogen-bond donors (Lipinski definition) is 10. The van der Waals surface area contributed by atoms with Crippen molar-refractivity contribution in [2.75, 3.05) is 36.1 Å². The summed E-state index contributed by atoms with van der Waals surface area (Å²) in [7, 11) is 3.83. The zero-order valence-electron chi connectivity index (χ0n) is 26.5. The molecule has 10 unspecified atom stereocenters. The Morgan fingerprint density at radius 1 is 1.06 bits per heavy atom. The minimum atomic E-state index is -1.73. The van der Waals surface area contributed by atoms with E-state index in [0.717, 1.165) is 26.2 Å². The number of amides is 3. The molecule has 15 nitrogen and oxygen atoms in total. The first kappa shape index (κ1) is 39.3. The molecule has 2 fully saturated rings. The summed E-state index contributed by atoms with van der Waals surface area (Å²) in [5.41, 5.74) is 1.10. The van der Waals surface area contributed by atoms with E-state index in [2.05, 4.69) is 21.3 Å². The Bertz CT molecular complexity index is 1150. The topological polar surface area (TPSA) is 239 Å². The van der Waals surface area contributed by atoms with Gasteiger partial charge in [-0.1, -0.05) is 34.1 Å². The molecule has 10 N–H and O–H groups in total. The average Bonchev–Trinajstić information content (AvgIpc) is 3.56. The molecule has 0 radical (unpaired) electrons. The fraction of sp³-hybridized carbons (Fsp3) is 0.700. The Morgan fingerprint density at radius 2 is 1.81 bits per heavy atom. The molecule has 2 aliphatic heterocycles. The molecule has 10 atom stereocenters. The molecule has 0 saturated carbocycles. The first-order valence-electron chi connectivity index (χ1n) is 15.6. The van der Waals surface area contributed by atoms with Gasteiger partial charge in [0.05, 0.1) is 19.3 Å². The van der Waals surface area contributed by atoms with E-state index in [-0.39, 0.29) is 12.5 Å². The normalized spacial score (nSPS) is 26.9. The molecule has 3 rings (SSSR count). The summed E-state index contributed by atoms with van der Waals surface area (Å²) >= 11 is 0. The SMILES string of the molecule is CC(=O)NC(CNc1cccc(NC(=O)CCCCC2CCSS2)c1)C(O)C(OC1OC(CO)C(O)C(O)C1NC(C)=O)C(O)CO. The summed E-state index contributed by atoms with van der Waals surface area (Å²) in [5.74, 6) is -0.0635. The average molecular weight is 705 g/mol. The largest absolute Gasteiger partial charge is 0.394 e. The Hall–Kier alpha value is -2.19. The quantitative estimate of drug-likeness (QED) is 0.0672. The molecule has 0 aliphatic carbocycles. The van der Waals surface area contributed by atoms with Gasteiger partial charge in [-0.05, 0) is 37.5 Å². The van der Waals surface area contributed by atoms with Crippen LogP contribution in [0.2, 0.25) is 0 Å². The molecule has 2 heterocycles. The number of unbranched alkanes of at least 4 members (excludes halogenated alkanes) is 1. The van der Waals surface area contributed by atoms with Gasteiger partial charge in [-0.15, -0.1) is 0 Å². The van der Waals surface area contributed by atoms with Crippen LogP contribution in [0.15, 0.2) is 24.3 Å². The number of aliphatic hydroxyl groups excluding tert-OH is 6. The number of carbonyl (C=O) groups is 3. The van der Waals surface area contributed by atoms with Crippen LogP contribution in [-0.4, -0.2) is 134 Å². The zero-order chi connectivity index (χ0) is 34.5. The van der Waals surface area contributed by atoms with Gasteiger partial charge < -0.3 is 61.4 Å². The predicted octanol–water partition coefficient (Wildman–Crippen LogP) is -0.701. The number of carbonyl (C=O) groups excluding carboxylic acids is 3. The Labute approximate surface area is 282 Å². The third-order valence-electron chi connectivity index (χ3n) is 7.83. The number of benzene rings is 1. The van der Waals surface area contributed by atoms with Crippen LogP contribution in [0, 0.1) is 0 Å². The molecule has 266 valence electrons. The second-order valence-corrected chi connectivity index (χ2v) is 14.5. The van der Waals surface area contributed by atoms with E-state index in [1.807, 2.05) is 21.6 Å². The first-order valence-corrected chi connectivity index (χ1v) is 18.0. The van der Waals surface area contributed by atoms with Gasteiger partial charge in [-0.25, -0.2) is 0 Å². The van der Waals surface area contributed by atoms with Crippen molar-refractivity contribution in [2.45, 2.75) is 106 Å². The molecular weight excluding hydrogens is 656 g/mol. The molecule has 0 spiro atoms. The van der Waals surface area contributed by atoms with Crippen LogP contribution in [0.5, 0.6) is 0 Å². The van der Waals surface area contributed by atoms with E-state index in [4.69, 9.17) is 9.47 Å². The molecule has 0 aromatic heterocycles. The summed E-state index contributed by atoms with van der Waals surface area (Å²) in [6, 6.07) is 4.35. The van der Waals surface area contributed by atoms with E-state index in [9.17, 15) is 45.0 Å². The highest BCUT2D eigenvalue weighted by Gasteiger charge is 2.48. The van der Waals surface area contributed by atoms with E-state index in [1.54, 1.807) is 24.3 Å². The standard InChI is InChI=1S/C30H48N4O11S2/c1-16(37)32-21(13-31-18-6-5-7-19(12-18)34-24(40)9-4-3-8-20-10-11-46-47-20)26(41)29(22(39)14-35)45-30-25(33-17(2)38)28(43)27(42)23(15-36)44-30/h5-7,12,20-23,25-31,35-36,39,41-43H,3-4,8-11,13-15H2,1-2H3,(H,32,37)(H,33,38)(H,34,40). The lowest BCUT2D eigenvalue weighted by Gasteiger charge is -2.44. The van der Waals surface area contributed by atoms with Crippen molar-refractivity contribution in [3.8, 4) is 0 Å². The van der Waals surface area contributed by atoms with Crippen LogP contribution < -0.4 is 21.3 Å². The van der Waals surface area contributed by atoms with Crippen molar-refractivity contribution in [2.24, 2.45) is 0 Å². The summed E-state index contributed by atoms with van der Waals surface area (Å²) in [4.78, 5) is 36.5. The van der Waals surface area contributed by atoms with Gasteiger partial charge in [0.25, 0.3) is 0 Å². The van der Waals surface area contributed by atoms with Crippen molar-refractivity contribution < 1.29 is 54.5 Å². The number of ether oxygens (including phenoxy) is 2. The number of rotatable bonds is 18. The summed E-state index contributed by atoms with van der Waals surface area (Å²) in [6.45, 7) is 0.667. The molecule has 47 heavy (non-hydrogen) atoms. The van der Waals surface area contributed by atoms with Crippen molar-refractivity contribution in [3.63, 3.8) is 0 Å². The summed E-state index contributed by atoms with van der Waals surface area (Å²) in [5, 5.41) is 73.9. The van der Waals surface area contributed by atoms with Crippen molar-refractivity contribution in [3.05, 3.63) is 24.3 Å². The lowest BCUT2D eigenvalue weighted by atomic mass is 9.96.